The van der Waals surface area contributed by atoms with E-state index in [-0.39, 0.29) is 17.4 Å². The van der Waals surface area contributed by atoms with E-state index in [2.05, 4.69) is 31.9 Å². The fourth-order valence-corrected chi connectivity index (χ4v) is 5.04. The van der Waals surface area contributed by atoms with Crippen molar-refractivity contribution in [2.75, 3.05) is 23.3 Å². The first-order valence-electron chi connectivity index (χ1n) is 12.9. The largest absolute Gasteiger partial charge is 0.478 e. The molecule has 0 aliphatic carbocycles. The van der Waals surface area contributed by atoms with E-state index in [9.17, 15) is 14.7 Å². The topological polar surface area (TPSA) is 100 Å². The van der Waals surface area contributed by atoms with E-state index in [4.69, 9.17) is 4.98 Å². The molecule has 1 aliphatic rings. The summed E-state index contributed by atoms with van der Waals surface area (Å²) in [6.07, 6.45) is 5.63. The molecule has 0 spiro atoms. The number of aromatic carboxylic acids is 1. The lowest BCUT2D eigenvalue weighted by Gasteiger charge is -2.34. The smallest absolute Gasteiger partial charge is 0.337 e. The van der Waals surface area contributed by atoms with Gasteiger partial charge in [-0.25, -0.2) is 14.8 Å². The van der Waals surface area contributed by atoms with Gasteiger partial charge in [0, 0.05) is 43.0 Å². The minimum Gasteiger partial charge on any atom is -0.478 e. The zero-order valence-electron chi connectivity index (χ0n) is 20.9. The van der Waals surface area contributed by atoms with Crippen LogP contribution in [0.3, 0.4) is 0 Å². The van der Waals surface area contributed by atoms with Crippen LogP contribution in [0.15, 0.2) is 66.9 Å². The third-order valence-electron chi connectivity index (χ3n) is 6.93. The number of carbonyl (C=O) groups excluding carboxylic acids is 1. The Morgan fingerprint density at radius 2 is 1.84 bits per heavy atom. The van der Waals surface area contributed by atoms with E-state index < -0.39 is 5.97 Å². The van der Waals surface area contributed by atoms with Crippen molar-refractivity contribution < 1.29 is 14.7 Å². The highest BCUT2D eigenvalue weighted by Gasteiger charge is 2.28. The standard InChI is InChI=1S/C29H31N5O3/c1-2-3-11-26(35)31-21-12-13-25(23(19-21)29(36)37)33-17-14-20(15-18-33)27-32-24-10-7-16-30-28(24)34(27)22-8-5-4-6-9-22/h4-10,12-13,16,19-20H,2-3,11,14-15,17-18H2,1H3,(H,31,35)(H,36,37). The van der Waals surface area contributed by atoms with Crippen molar-refractivity contribution in [3.05, 3.63) is 78.2 Å². The number of nitrogens with one attached hydrogen (secondary N) is 1. The van der Waals surface area contributed by atoms with Crippen LogP contribution in [0.1, 0.15) is 61.1 Å². The van der Waals surface area contributed by atoms with Crippen LogP contribution in [0.2, 0.25) is 0 Å². The maximum Gasteiger partial charge on any atom is 0.337 e. The van der Waals surface area contributed by atoms with Gasteiger partial charge in [-0.15, -0.1) is 0 Å². The molecule has 8 heteroatoms. The Bertz CT molecular complexity index is 1410. The second-order valence-electron chi connectivity index (χ2n) is 9.44. The first-order valence-corrected chi connectivity index (χ1v) is 12.9. The number of hydrogen-bond acceptors (Lipinski definition) is 5. The summed E-state index contributed by atoms with van der Waals surface area (Å²) in [7, 11) is 0. The molecule has 5 rings (SSSR count). The number of benzene rings is 2. The number of carboxylic acids is 1. The summed E-state index contributed by atoms with van der Waals surface area (Å²) in [5, 5.41) is 12.7. The Morgan fingerprint density at radius 1 is 1.05 bits per heavy atom. The van der Waals surface area contributed by atoms with E-state index >= 15 is 0 Å². The summed E-state index contributed by atoms with van der Waals surface area (Å²) in [6, 6.07) is 19.2. The number of amides is 1. The zero-order chi connectivity index (χ0) is 25.8. The van der Waals surface area contributed by atoms with Crippen LogP contribution in [-0.2, 0) is 4.79 Å². The van der Waals surface area contributed by atoms with E-state index in [0.717, 1.165) is 48.4 Å². The second-order valence-corrected chi connectivity index (χ2v) is 9.44. The van der Waals surface area contributed by atoms with Gasteiger partial charge in [-0.3, -0.25) is 9.36 Å². The van der Waals surface area contributed by atoms with Crippen molar-refractivity contribution in [2.45, 2.75) is 44.9 Å². The molecule has 0 radical (unpaired) electrons. The lowest BCUT2D eigenvalue weighted by atomic mass is 9.94. The van der Waals surface area contributed by atoms with Gasteiger partial charge >= 0.3 is 5.97 Å². The highest BCUT2D eigenvalue weighted by atomic mass is 16.4. The number of rotatable bonds is 8. The molecular formula is C29H31N5O3. The molecule has 190 valence electrons. The van der Waals surface area contributed by atoms with Crippen LogP contribution >= 0.6 is 0 Å². The van der Waals surface area contributed by atoms with Crippen molar-refractivity contribution in [2.24, 2.45) is 0 Å². The Labute approximate surface area is 216 Å². The van der Waals surface area contributed by atoms with Crippen molar-refractivity contribution >= 4 is 34.4 Å². The highest BCUT2D eigenvalue weighted by molar-refractivity contribution is 5.98. The van der Waals surface area contributed by atoms with Gasteiger partial charge in [0.1, 0.15) is 11.3 Å². The van der Waals surface area contributed by atoms with Gasteiger partial charge in [0.25, 0.3) is 0 Å². The fourth-order valence-electron chi connectivity index (χ4n) is 5.04. The molecule has 0 saturated carbocycles. The van der Waals surface area contributed by atoms with Gasteiger partial charge in [0.15, 0.2) is 5.65 Å². The van der Waals surface area contributed by atoms with Crippen LogP contribution in [0.5, 0.6) is 0 Å². The number of para-hydroxylation sites is 1. The Kier molecular flexibility index (Phi) is 7.16. The molecule has 8 nitrogen and oxygen atoms in total. The van der Waals surface area contributed by atoms with E-state index in [1.54, 1.807) is 18.3 Å². The first-order chi connectivity index (χ1) is 18.0. The Hall–Kier alpha value is -4.20. The maximum absolute atomic E-state index is 12.1. The van der Waals surface area contributed by atoms with Crippen molar-refractivity contribution in [3.63, 3.8) is 0 Å². The average molecular weight is 498 g/mol. The molecule has 0 bridgehead atoms. The van der Waals surface area contributed by atoms with E-state index in [1.165, 1.54) is 0 Å². The lowest BCUT2D eigenvalue weighted by Crippen LogP contribution is -2.34. The van der Waals surface area contributed by atoms with Gasteiger partial charge < -0.3 is 15.3 Å². The molecule has 1 fully saturated rings. The number of hydrogen-bond donors (Lipinski definition) is 2. The number of pyridine rings is 1. The van der Waals surface area contributed by atoms with Crippen LogP contribution in [0.25, 0.3) is 16.9 Å². The fraction of sp³-hybridized carbons (Fsp3) is 0.310. The summed E-state index contributed by atoms with van der Waals surface area (Å²) in [5.41, 5.74) is 4.14. The average Bonchev–Trinajstić information content (AvgIpc) is 3.32. The quantitative estimate of drug-likeness (QED) is 0.327. The molecule has 1 saturated heterocycles. The molecule has 3 heterocycles. The minimum absolute atomic E-state index is 0.0949. The molecule has 2 N–H and O–H groups in total. The van der Waals surface area contributed by atoms with Crippen molar-refractivity contribution in [1.29, 1.82) is 0 Å². The number of fused-ring (bicyclic) bond motifs is 1. The molecule has 2 aromatic heterocycles. The summed E-state index contributed by atoms with van der Waals surface area (Å²) < 4.78 is 2.15. The number of carbonyl (C=O) groups is 2. The third-order valence-corrected chi connectivity index (χ3v) is 6.93. The number of imidazole rings is 1. The Balaban J connectivity index is 1.37. The third kappa shape index (κ3) is 5.18. The van der Waals surface area contributed by atoms with E-state index in [0.29, 0.717) is 30.9 Å². The normalized spacial score (nSPS) is 14.1. The Morgan fingerprint density at radius 3 is 2.57 bits per heavy atom. The van der Waals surface area contributed by atoms with Gasteiger partial charge in [-0.05, 0) is 61.7 Å². The van der Waals surface area contributed by atoms with Crippen molar-refractivity contribution in [3.8, 4) is 5.69 Å². The molecule has 4 aromatic rings. The van der Waals surface area contributed by atoms with Gasteiger partial charge in [-0.2, -0.15) is 0 Å². The summed E-state index contributed by atoms with van der Waals surface area (Å²) in [5.74, 6) is 0.112. The molecular weight excluding hydrogens is 466 g/mol. The number of nitrogens with zero attached hydrogens (tertiary/aromatic N) is 4. The van der Waals surface area contributed by atoms with Gasteiger partial charge in [-0.1, -0.05) is 31.5 Å². The summed E-state index contributed by atoms with van der Waals surface area (Å²) in [6.45, 7) is 3.44. The molecule has 2 aromatic carbocycles. The van der Waals surface area contributed by atoms with Crippen LogP contribution < -0.4 is 10.2 Å². The van der Waals surface area contributed by atoms with Gasteiger partial charge in [0.2, 0.25) is 5.91 Å². The van der Waals surface area contributed by atoms with Crippen LogP contribution in [0, 0.1) is 0 Å². The number of piperidine rings is 1. The minimum atomic E-state index is -1.00. The molecule has 1 aliphatic heterocycles. The van der Waals surface area contributed by atoms with Crippen LogP contribution in [0.4, 0.5) is 11.4 Å². The monoisotopic (exact) mass is 497 g/mol. The predicted molar refractivity (Wildman–Crippen MR) is 145 cm³/mol. The predicted octanol–water partition coefficient (Wildman–Crippen LogP) is 5.63. The number of anilines is 2. The second kappa shape index (κ2) is 10.8. The molecule has 0 unspecified atom stereocenters. The molecule has 0 atom stereocenters. The maximum atomic E-state index is 12.1. The van der Waals surface area contributed by atoms with Crippen molar-refractivity contribution in [1.82, 2.24) is 14.5 Å². The molecule has 1 amide bonds. The van der Waals surface area contributed by atoms with E-state index in [1.807, 2.05) is 43.3 Å². The number of carboxylic acid groups (broad SMARTS) is 1. The molecule has 37 heavy (non-hydrogen) atoms. The van der Waals surface area contributed by atoms with Crippen LogP contribution in [-0.4, -0.2) is 44.6 Å². The van der Waals surface area contributed by atoms with Gasteiger partial charge in [0.05, 0.1) is 11.3 Å². The summed E-state index contributed by atoms with van der Waals surface area (Å²) >= 11 is 0. The SMILES string of the molecule is CCCCC(=O)Nc1ccc(N2CCC(c3nc4cccnc4n3-c3ccccc3)CC2)c(C(=O)O)c1. The number of unbranched alkanes of at least 4 members (excludes halogenated alkanes) is 1. The lowest BCUT2D eigenvalue weighted by molar-refractivity contribution is -0.116. The summed E-state index contributed by atoms with van der Waals surface area (Å²) in [4.78, 5) is 35.9. The first kappa shape index (κ1) is 24.5. The number of aromatic nitrogens is 3. The highest BCUT2D eigenvalue weighted by Crippen LogP contribution is 2.35. The zero-order valence-corrected chi connectivity index (χ0v) is 20.9.